The summed E-state index contributed by atoms with van der Waals surface area (Å²) in [7, 11) is 1.44. The average Bonchev–Trinajstić information content (AvgIpc) is 2.46. The molecular weight excluding hydrogens is 256 g/mol. The van der Waals surface area contributed by atoms with Crippen LogP contribution in [-0.4, -0.2) is 18.2 Å². The summed E-state index contributed by atoms with van der Waals surface area (Å²) in [6.07, 6.45) is -1.07. The van der Waals surface area contributed by atoms with Crippen LogP contribution < -0.4 is 15.4 Å². The van der Waals surface area contributed by atoms with E-state index in [9.17, 15) is 4.79 Å². The van der Waals surface area contributed by atoms with Gasteiger partial charge in [-0.05, 0) is 17.7 Å². The highest BCUT2D eigenvalue weighted by Gasteiger charge is 2.12. The van der Waals surface area contributed by atoms with Crippen LogP contribution in [0.1, 0.15) is 5.56 Å². The highest BCUT2D eigenvalue weighted by Crippen LogP contribution is 2.28. The van der Waals surface area contributed by atoms with Gasteiger partial charge in [0.25, 0.3) is 0 Å². The van der Waals surface area contributed by atoms with Crippen molar-refractivity contribution >= 4 is 17.5 Å². The Bertz CT molecular complexity index is 599. The lowest BCUT2D eigenvalue weighted by Gasteiger charge is -2.17. The molecule has 0 aliphatic heterocycles. The zero-order valence-corrected chi connectivity index (χ0v) is 11.1. The van der Waals surface area contributed by atoms with Crippen LogP contribution >= 0.6 is 0 Å². The van der Waals surface area contributed by atoms with Crippen molar-refractivity contribution in [2.45, 2.75) is 6.61 Å². The van der Waals surface area contributed by atoms with Crippen LogP contribution in [0.15, 0.2) is 48.5 Å². The van der Waals surface area contributed by atoms with Crippen LogP contribution in [0.4, 0.5) is 16.2 Å². The Morgan fingerprint density at radius 1 is 1.25 bits per heavy atom. The monoisotopic (exact) mass is 272 g/mol. The molecule has 0 spiro atoms. The molecule has 2 aromatic rings. The molecule has 0 radical (unpaired) electrons. The predicted octanol–water partition coefficient (Wildman–Crippen LogP) is 2.96. The number of carbonyl (C=O) groups is 1. The van der Waals surface area contributed by atoms with Gasteiger partial charge in [-0.3, -0.25) is 4.90 Å². The van der Waals surface area contributed by atoms with E-state index in [0.717, 1.165) is 10.5 Å². The smallest absolute Gasteiger partial charge is 0.411 e. The molecule has 0 saturated carbocycles. The van der Waals surface area contributed by atoms with Gasteiger partial charge in [-0.25, -0.2) is 4.79 Å². The summed E-state index contributed by atoms with van der Waals surface area (Å²) >= 11 is 0. The number of amides is 1. The molecule has 2 rings (SSSR count). The molecule has 0 atom stereocenters. The van der Waals surface area contributed by atoms with Crippen molar-refractivity contribution in [1.29, 1.82) is 0 Å². The molecule has 5 nitrogen and oxygen atoms in total. The number of benzene rings is 2. The second-order valence-electron chi connectivity index (χ2n) is 4.34. The van der Waals surface area contributed by atoms with Gasteiger partial charge in [-0.1, -0.05) is 30.3 Å². The SMILES string of the molecule is CN(C(=O)O)c1cc(OCc2ccccc2)ccc1N. The number of anilines is 2. The van der Waals surface area contributed by atoms with Crippen LogP contribution in [0.25, 0.3) is 0 Å². The molecule has 104 valence electrons. The van der Waals surface area contributed by atoms with Gasteiger partial charge in [0.1, 0.15) is 12.4 Å². The molecule has 0 aliphatic rings. The fourth-order valence-corrected chi connectivity index (χ4v) is 1.75. The maximum absolute atomic E-state index is 11.0. The maximum Gasteiger partial charge on any atom is 0.411 e. The van der Waals surface area contributed by atoms with E-state index >= 15 is 0 Å². The molecule has 0 bridgehead atoms. The molecule has 0 unspecified atom stereocenters. The molecule has 3 N–H and O–H groups in total. The van der Waals surface area contributed by atoms with Gasteiger partial charge in [0.15, 0.2) is 0 Å². The van der Waals surface area contributed by atoms with Crippen LogP contribution in [0.3, 0.4) is 0 Å². The first-order valence-electron chi connectivity index (χ1n) is 6.11. The summed E-state index contributed by atoms with van der Waals surface area (Å²) in [6.45, 7) is 0.418. The normalized spacial score (nSPS) is 10.1. The fourth-order valence-electron chi connectivity index (χ4n) is 1.75. The largest absolute Gasteiger partial charge is 0.489 e. The number of hydrogen-bond acceptors (Lipinski definition) is 3. The zero-order chi connectivity index (χ0) is 14.5. The number of nitrogen functional groups attached to an aromatic ring is 1. The van der Waals surface area contributed by atoms with Crippen LogP contribution in [0, 0.1) is 0 Å². The van der Waals surface area contributed by atoms with Crippen molar-refractivity contribution in [3.63, 3.8) is 0 Å². The minimum absolute atomic E-state index is 0.391. The molecule has 1 amide bonds. The Morgan fingerprint density at radius 2 is 1.95 bits per heavy atom. The third-order valence-corrected chi connectivity index (χ3v) is 2.90. The minimum atomic E-state index is -1.07. The maximum atomic E-state index is 11.0. The Balaban J connectivity index is 2.13. The summed E-state index contributed by atoms with van der Waals surface area (Å²) in [6, 6.07) is 14.7. The highest BCUT2D eigenvalue weighted by molar-refractivity contribution is 5.90. The van der Waals surface area contributed by atoms with Crippen LogP contribution in [0.2, 0.25) is 0 Å². The third kappa shape index (κ3) is 3.20. The van der Waals surface area contributed by atoms with E-state index < -0.39 is 6.09 Å². The molecule has 0 aromatic heterocycles. The van der Waals surface area contributed by atoms with Crippen molar-refractivity contribution in [2.24, 2.45) is 0 Å². The Morgan fingerprint density at radius 3 is 2.60 bits per heavy atom. The molecular formula is C15H16N2O3. The van der Waals surface area contributed by atoms with Crippen molar-refractivity contribution in [1.82, 2.24) is 0 Å². The van der Waals surface area contributed by atoms with Gasteiger partial charge in [0.2, 0.25) is 0 Å². The van der Waals surface area contributed by atoms with E-state index in [2.05, 4.69) is 0 Å². The Hall–Kier alpha value is -2.69. The molecule has 0 heterocycles. The number of nitrogens with zero attached hydrogens (tertiary/aromatic N) is 1. The zero-order valence-electron chi connectivity index (χ0n) is 11.1. The topological polar surface area (TPSA) is 75.8 Å². The number of nitrogens with two attached hydrogens (primary N) is 1. The van der Waals surface area contributed by atoms with E-state index in [-0.39, 0.29) is 0 Å². The fraction of sp³-hybridized carbons (Fsp3) is 0.133. The lowest BCUT2D eigenvalue weighted by Crippen LogP contribution is -2.24. The Labute approximate surface area is 117 Å². The van der Waals surface area contributed by atoms with Crippen molar-refractivity contribution in [3.05, 3.63) is 54.1 Å². The number of ether oxygens (including phenoxy) is 1. The van der Waals surface area contributed by atoms with Gasteiger partial charge in [-0.15, -0.1) is 0 Å². The van der Waals surface area contributed by atoms with E-state index in [1.54, 1.807) is 18.2 Å². The summed E-state index contributed by atoms with van der Waals surface area (Å²) < 4.78 is 5.64. The van der Waals surface area contributed by atoms with Crippen molar-refractivity contribution in [2.75, 3.05) is 17.7 Å². The summed E-state index contributed by atoms with van der Waals surface area (Å²) in [5.74, 6) is 0.575. The first kappa shape index (κ1) is 13.7. The molecule has 20 heavy (non-hydrogen) atoms. The summed E-state index contributed by atoms with van der Waals surface area (Å²) in [5.41, 5.74) is 7.61. The van der Waals surface area contributed by atoms with E-state index in [1.807, 2.05) is 30.3 Å². The molecule has 5 heteroatoms. The van der Waals surface area contributed by atoms with Crippen molar-refractivity contribution in [3.8, 4) is 5.75 Å². The lowest BCUT2D eigenvalue weighted by molar-refractivity contribution is 0.203. The molecule has 0 fully saturated rings. The first-order chi connectivity index (χ1) is 9.58. The summed E-state index contributed by atoms with van der Waals surface area (Å²) in [4.78, 5) is 12.0. The first-order valence-corrected chi connectivity index (χ1v) is 6.11. The quantitative estimate of drug-likeness (QED) is 0.839. The number of carboxylic acid groups (broad SMARTS) is 1. The lowest BCUT2D eigenvalue weighted by atomic mass is 10.2. The molecule has 0 saturated heterocycles. The standard InChI is InChI=1S/C15H16N2O3/c1-17(15(18)19)14-9-12(7-8-13(14)16)20-10-11-5-3-2-4-6-11/h2-9H,10,16H2,1H3,(H,18,19). The van der Waals surface area contributed by atoms with Crippen molar-refractivity contribution < 1.29 is 14.6 Å². The average molecular weight is 272 g/mol. The molecule has 2 aromatic carbocycles. The minimum Gasteiger partial charge on any atom is -0.489 e. The Kier molecular flexibility index (Phi) is 4.10. The van der Waals surface area contributed by atoms with Crippen LogP contribution in [-0.2, 0) is 6.61 Å². The highest BCUT2D eigenvalue weighted by atomic mass is 16.5. The van der Waals surface area contributed by atoms with E-state index in [0.29, 0.717) is 23.7 Å². The molecule has 0 aliphatic carbocycles. The second kappa shape index (κ2) is 5.97. The van der Waals surface area contributed by atoms with Gasteiger partial charge in [0.05, 0.1) is 11.4 Å². The van der Waals surface area contributed by atoms with E-state index in [4.69, 9.17) is 15.6 Å². The van der Waals surface area contributed by atoms with Gasteiger partial charge >= 0.3 is 6.09 Å². The van der Waals surface area contributed by atoms with Crippen LogP contribution in [0.5, 0.6) is 5.75 Å². The van der Waals surface area contributed by atoms with Gasteiger partial charge in [0, 0.05) is 13.1 Å². The van der Waals surface area contributed by atoms with Gasteiger partial charge < -0.3 is 15.6 Å². The second-order valence-corrected chi connectivity index (χ2v) is 4.34. The predicted molar refractivity (Wildman–Crippen MR) is 78.1 cm³/mol. The number of hydrogen-bond donors (Lipinski definition) is 2. The summed E-state index contributed by atoms with van der Waals surface area (Å²) in [5, 5.41) is 8.99. The number of rotatable bonds is 4. The third-order valence-electron chi connectivity index (χ3n) is 2.90. The van der Waals surface area contributed by atoms with E-state index in [1.165, 1.54) is 7.05 Å². The van der Waals surface area contributed by atoms with Gasteiger partial charge in [-0.2, -0.15) is 0 Å².